The highest BCUT2D eigenvalue weighted by atomic mass is 35.5. The van der Waals surface area contributed by atoms with Gasteiger partial charge in [0.25, 0.3) is 0 Å². The molecule has 106 valence electrons. The Morgan fingerprint density at radius 2 is 1.84 bits per heavy atom. The molecule has 1 aliphatic carbocycles. The number of rotatable bonds is 5. The zero-order valence-corrected chi connectivity index (χ0v) is 12.8. The van der Waals surface area contributed by atoms with Crippen molar-refractivity contribution in [2.75, 3.05) is 7.11 Å². The SMILES string of the molecule is COc1cc(C2(C(C)N)CC2)c(Cl)cc1OC(C)C. The van der Waals surface area contributed by atoms with Crippen molar-refractivity contribution in [1.29, 1.82) is 0 Å². The van der Waals surface area contributed by atoms with Crippen molar-refractivity contribution in [3.8, 4) is 11.5 Å². The third kappa shape index (κ3) is 2.67. The lowest BCUT2D eigenvalue weighted by Gasteiger charge is -2.23. The second-order valence-corrected chi connectivity index (χ2v) is 6.00. The first-order chi connectivity index (χ1) is 8.90. The minimum Gasteiger partial charge on any atom is -0.493 e. The lowest BCUT2D eigenvalue weighted by atomic mass is 9.89. The number of nitrogens with two attached hydrogens (primary N) is 1. The Hall–Kier alpha value is -0.930. The summed E-state index contributed by atoms with van der Waals surface area (Å²) < 4.78 is 11.1. The molecule has 1 fully saturated rings. The highest BCUT2D eigenvalue weighted by Gasteiger charge is 2.49. The molecule has 3 nitrogen and oxygen atoms in total. The molecule has 19 heavy (non-hydrogen) atoms. The Labute approximate surface area is 120 Å². The molecule has 0 heterocycles. The van der Waals surface area contributed by atoms with Crippen LogP contribution in [0.1, 0.15) is 39.2 Å². The normalized spacial score (nSPS) is 18.3. The molecule has 2 N–H and O–H groups in total. The lowest BCUT2D eigenvalue weighted by Crippen LogP contribution is -2.31. The average Bonchev–Trinajstić information content (AvgIpc) is 3.09. The summed E-state index contributed by atoms with van der Waals surface area (Å²) in [5, 5.41) is 0.714. The van der Waals surface area contributed by atoms with Crippen molar-refractivity contribution in [3.05, 3.63) is 22.7 Å². The lowest BCUT2D eigenvalue weighted by molar-refractivity contribution is 0.230. The van der Waals surface area contributed by atoms with Gasteiger partial charge in [-0.15, -0.1) is 0 Å². The van der Waals surface area contributed by atoms with Crippen molar-refractivity contribution in [2.24, 2.45) is 5.73 Å². The van der Waals surface area contributed by atoms with Gasteiger partial charge in [-0.25, -0.2) is 0 Å². The Morgan fingerprint density at radius 3 is 2.26 bits per heavy atom. The van der Waals surface area contributed by atoms with Crippen LogP contribution >= 0.6 is 11.6 Å². The molecule has 0 saturated heterocycles. The summed E-state index contributed by atoms with van der Waals surface area (Å²) in [7, 11) is 1.64. The predicted octanol–water partition coefficient (Wildman–Crippen LogP) is 3.51. The van der Waals surface area contributed by atoms with Gasteiger partial charge >= 0.3 is 0 Å². The van der Waals surface area contributed by atoms with Gasteiger partial charge in [0.05, 0.1) is 13.2 Å². The van der Waals surface area contributed by atoms with Crippen LogP contribution in [0, 0.1) is 0 Å². The van der Waals surface area contributed by atoms with Gasteiger partial charge in [-0.2, -0.15) is 0 Å². The number of hydrogen-bond acceptors (Lipinski definition) is 3. The molecule has 2 rings (SSSR count). The summed E-state index contributed by atoms with van der Waals surface area (Å²) in [6.45, 7) is 5.99. The highest BCUT2D eigenvalue weighted by Crippen LogP contribution is 2.54. The summed E-state index contributed by atoms with van der Waals surface area (Å²) >= 11 is 6.42. The number of methoxy groups -OCH3 is 1. The number of halogens is 1. The molecule has 0 spiro atoms. The second-order valence-electron chi connectivity index (χ2n) is 5.59. The predicted molar refractivity (Wildman–Crippen MR) is 78.3 cm³/mol. The molecule has 1 saturated carbocycles. The Bertz CT molecular complexity index is 467. The molecule has 4 heteroatoms. The quantitative estimate of drug-likeness (QED) is 0.899. The fourth-order valence-corrected chi connectivity index (χ4v) is 2.87. The van der Waals surface area contributed by atoms with Crippen molar-refractivity contribution in [3.63, 3.8) is 0 Å². The molecule has 1 aromatic carbocycles. The minimum absolute atomic E-state index is 0.0146. The Balaban J connectivity index is 2.42. The van der Waals surface area contributed by atoms with E-state index in [-0.39, 0.29) is 17.6 Å². The molecule has 1 aromatic rings. The summed E-state index contributed by atoms with van der Waals surface area (Å²) in [6.07, 6.45) is 2.25. The molecule has 0 amide bonds. The van der Waals surface area contributed by atoms with Gasteiger partial charge in [0.1, 0.15) is 0 Å². The first-order valence-corrected chi connectivity index (χ1v) is 7.09. The Morgan fingerprint density at radius 1 is 1.21 bits per heavy atom. The van der Waals surface area contributed by atoms with E-state index in [9.17, 15) is 0 Å². The standard InChI is InChI=1S/C15H22ClNO2/c1-9(2)19-14-8-12(16)11(7-13(14)18-4)15(5-6-15)10(3)17/h7-10H,5-6,17H2,1-4H3. The highest BCUT2D eigenvalue weighted by molar-refractivity contribution is 6.31. The number of ether oxygens (including phenoxy) is 2. The van der Waals surface area contributed by atoms with E-state index in [1.54, 1.807) is 7.11 Å². The van der Waals surface area contributed by atoms with Gasteiger partial charge in [-0.1, -0.05) is 11.6 Å². The van der Waals surface area contributed by atoms with E-state index in [1.165, 1.54) is 0 Å². The molecule has 1 unspecified atom stereocenters. The van der Waals surface area contributed by atoms with Crippen LogP contribution < -0.4 is 15.2 Å². The van der Waals surface area contributed by atoms with E-state index in [1.807, 2.05) is 32.9 Å². The van der Waals surface area contributed by atoms with Crippen LogP contribution in [0.25, 0.3) is 0 Å². The molecule has 0 radical (unpaired) electrons. The van der Waals surface area contributed by atoms with Gasteiger partial charge in [0, 0.05) is 22.5 Å². The molecule has 0 aliphatic heterocycles. The largest absolute Gasteiger partial charge is 0.493 e. The van der Waals surface area contributed by atoms with Gasteiger partial charge in [-0.3, -0.25) is 0 Å². The van der Waals surface area contributed by atoms with Crippen LogP contribution in [0.3, 0.4) is 0 Å². The van der Waals surface area contributed by atoms with Gasteiger partial charge < -0.3 is 15.2 Å². The van der Waals surface area contributed by atoms with Gasteiger partial charge in [0.15, 0.2) is 11.5 Å². The molecule has 1 atom stereocenters. The second kappa shape index (κ2) is 5.22. The van der Waals surface area contributed by atoms with Crippen LogP contribution in [-0.2, 0) is 5.41 Å². The van der Waals surface area contributed by atoms with Crippen LogP contribution in [0.2, 0.25) is 5.02 Å². The van der Waals surface area contributed by atoms with E-state index >= 15 is 0 Å². The fourth-order valence-electron chi connectivity index (χ4n) is 2.53. The molecular weight excluding hydrogens is 262 g/mol. The van der Waals surface area contributed by atoms with Crippen molar-refractivity contribution in [2.45, 2.75) is 51.2 Å². The Kier molecular flexibility index (Phi) is 3.98. The number of benzene rings is 1. The maximum Gasteiger partial charge on any atom is 0.163 e. The summed E-state index contributed by atoms with van der Waals surface area (Å²) in [5.41, 5.74) is 7.21. The van der Waals surface area contributed by atoms with E-state index in [0.29, 0.717) is 10.8 Å². The molecule has 0 bridgehead atoms. The molecule has 0 aromatic heterocycles. The fraction of sp³-hybridized carbons (Fsp3) is 0.600. The van der Waals surface area contributed by atoms with E-state index in [2.05, 4.69) is 0 Å². The van der Waals surface area contributed by atoms with E-state index in [0.717, 1.165) is 24.2 Å². The maximum absolute atomic E-state index is 6.42. The van der Waals surface area contributed by atoms with Crippen molar-refractivity contribution in [1.82, 2.24) is 0 Å². The third-order valence-corrected chi connectivity index (χ3v) is 4.13. The zero-order valence-electron chi connectivity index (χ0n) is 12.0. The van der Waals surface area contributed by atoms with Crippen LogP contribution in [0.4, 0.5) is 0 Å². The zero-order chi connectivity index (χ0) is 14.2. The van der Waals surface area contributed by atoms with Gasteiger partial charge in [0.2, 0.25) is 0 Å². The first kappa shape index (κ1) is 14.5. The van der Waals surface area contributed by atoms with Crippen molar-refractivity contribution < 1.29 is 9.47 Å². The smallest absolute Gasteiger partial charge is 0.163 e. The maximum atomic E-state index is 6.42. The van der Waals surface area contributed by atoms with E-state index < -0.39 is 0 Å². The molecule has 1 aliphatic rings. The average molecular weight is 284 g/mol. The van der Waals surface area contributed by atoms with Crippen LogP contribution in [0.5, 0.6) is 11.5 Å². The minimum atomic E-state index is 0.0146. The summed E-state index contributed by atoms with van der Waals surface area (Å²) in [5.74, 6) is 1.41. The topological polar surface area (TPSA) is 44.5 Å². The first-order valence-electron chi connectivity index (χ1n) is 6.71. The van der Waals surface area contributed by atoms with Crippen LogP contribution in [-0.4, -0.2) is 19.3 Å². The monoisotopic (exact) mass is 283 g/mol. The summed E-state index contributed by atoms with van der Waals surface area (Å²) in [6, 6.07) is 3.92. The third-order valence-electron chi connectivity index (χ3n) is 3.81. The number of hydrogen-bond donors (Lipinski definition) is 1. The molecular formula is C15H22ClNO2. The van der Waals surface area contributed by atoms with E-state index in [4.69, 9.17) is 26.8 Å². The van der Waals surface area contributed by atoms with Crippen molar-refractivity contribution >= 4 is 11.6 Å². The summed E-state index contributed by atoms with van der Waals surface area (Å²) in [4.78, 5) is 0. The van der Waals surface area contributed by atoms with Crippen LogP contribution in [0.15, 0.2) is 12.1 Å². The van der Waals surface area contributed by atoms with Gasteiger partial charge in [-0.05, 0) is 45.2 Å².